The highest BCUT2D eigenvalue weighted by molar-refractivity contribution is 5.09. The van der Waals surface area contributed by atoms with E-state index in [1.54, 1.807) is 0 Å². The Bertz CT molecular complexity index is 291. The largest absolute Gasteiger partial charge is 0.456 e. The van der Waals surface area contributed by atoms with E-state index < -0.39 is 42.8 Å². The van der Waals surface area contributed by atoms with Gasteiger partial charge in [-0.25, -0.2) is 0 Å². The molecule has 0 rings (SSSR count). The predicted octanol–water partition coefficient (Wildman–Crippen LogP) is 2.50. The molecule has 0 saturated heterocycles. The van der Waals surface area contributed by atoms with Crippen LogP contribution in [0.3, 0.4) is 0 Å². The van der Waals surface area contributed by atoms with Gasteiger partial charge >= 0.3 is 24.2 Å². The number of alkyl halides is 10. The van der Waals surface area contributed by atoms with Crippen LogP contribution in [0.15, 0.2) is 0 Å². The minimum absolute atomic E-state index is 1.95. The van der Waals surface area contributed by atoms with Gasteiger partial charge in [0.25, 0.3) is 0 Å². The summed E-state index contributed by atoms with van der Waals surface area (Å²) in [5.41, 5.74) is -5.86. The maximum absolute atomic E-state index is 12.7. The van der Waals surface area contributed by atoms with Crippen LogP contribution in [0.5, 0.6) is 0 Å². The smallest absolute Gasteiger partial charge is 0.396 e. The molecule has 2 nitrogen and oxygen atoms in total. The first kappa shape index (κ1) is 18.2. The van der Waals surface area contributed by atoms with E-state index >= 15 is 0 Å². The van der Waals surface area contributed by atoms with Crippen molar-refractivity contribution in [2.75, 3.05) is 6.61 Å². The van der Waals surface area contributed by atoms with Gasteiger partial charge in [0.2, 0.25) is 5.60 Å². The van der Waals surface area contributed by atoms with E-state index in [4.69, 9.17) is 10.2 Å². The molecule has 12 heteroatoms. The Balaban J connectivity index is 6.04. The number of rotatable bonds is 4. The van der Waals surface area contributed by atoms with Gasteiger partial charge in [-0.1, -0.05) is 0 Å². The summed E-state index contributed by atoms with van der Waals surface area (Å²) in [5, 5.41) is 16.7. The maximum Gasteiger partial charge on any atom is 0.456 e. The molecule has 0 aliphatic heterocycles. The van der Waals surface area contributed by atoms with Crippen molar-refractivity contribution < 1.29 is 54.1 Å². The summed E-state index contributed by atoms with van der Waals surface area (Å²) < 4.78 is 122. The van der Waals surface area contributed by atoms with Crippen LogP contribution in [-0.4, -0.2) is 46.6 Å². The van der Waals surface area contributed by atoms with E-state index in [-0.39, 0.29) is 0 Å². The number of aliphatic hydroxyl groups is 2. The van der Waals surface area contributed by atoms with E-state index in [1.807, 2.05) is 0 Å². The van der Waals surface area contributed by atoms with Crippen molar-refractivity contribution >= 4 is 0 Å². The number of aliphatic hydroxyl groups excluding tert-OH is 1. The molecule has 0 radical (unpaired) electrons. The van der Waals surface area contributed by atoms with Crippen molar-refractivity contribution in [3.63, 3.8) is 0 Å². The minimum Gasteiger partial charge on any atom is -0.396 e. The van der Waals surface area contributed by atoms with Gasteiger partial charge in [-0.3, -0.25) is 0 Å². The topological polar surface area (TPSA) is 40.5 Å². The van der Waals surface area contributed by atoms with Gasteiger partial charge in [0.15, 0.2) is 0 Å². The Hall–Kier alpha value is -0.780. The van der Waals surface area contributed by atoms with Crippen molar-refractivity contribution in [1.29, 1.82) is 0 Å². The molecule has 0 saturated carbocycles. The molecule has 0 aromatic heterocycles. The summed E-state index contributed by atoms with van der Waals surface area (Å²) in [7, 11) is 0. The van der Waals surface area contributed by atoms with Crippen molar-refractivity contribution in [1.82, 2.24) is 0 Å². The highest BCUT2D eigenvalue weighted by Gasteiger charge is 2.84. The molecule has 0 fully saturated rings. The molecule has 0 aliphatic carbocycles. The normalized spacial score (nSPS) is 15.8. The van der Waals surface area contributed by atoms with E-state index in [1.165, 1.54) is 0 Å². The monoisotopic (exact) mass is 312 g/mol. The summed E-state index contributed by atoms with van der Waals surface area (Å²) in [6, 6.07) is 0. The van der Waals surface area contributed by atoms with E-state index in [2.05, 4.69) is 0 Å². The first-order chi connectivity index (χ1) is 8.06. The number of halogens is 10. The third-order valence-corrected chi connectivity index (χ3v) is 2.22. The lowest BCUT2D eigenvalue weighted by Gasteiger charge is -2.41. The lowest BCUT2D eigenvalue weighted by molar-refractivity contribution is -0.425. The fraction of sp³-hybridized carbons (Fsp3) is 1.00. The molecule has 0 heterocycles. The van der Waals surface area contributed by atoms with Crippen LogP contribution < -0.4 is 0 Å². The Labute approximate surface area is 98.2 Å². The molecule has 0 spiro atoms. The Morgan fingerprint density at radius 3 is 1.05 bits per heavy atom. The fourth-order valence-electron chi connectivity index (χ4n) is 1.14. The van der Waals surface area contributed by atoms with Gasteiger partial charge in [-0.2, -0.15) is 43.9 Å². The second-order valence-electron chi connectivity index (χ2n) is 3.48. The average Bonchev–Trinajstić information content (AvgIpc) is 2.13. The van der Waals surface area contributed by atoms with E-state index in [0.717, 1.165) is 0 Å². The lowest BCUT2D eigenvalue weighted by Crippen LogP contribution is -2.70. The zero-order valence-electron chi connectivity index (χ0n) is 8.59. The minimum atomic E-state index is -6.87. The molecule has 0 atom stereocenters. The molecule has 0 aromatic carbocycles. The van der Waals surface area contributed by atoms with Gasteiger partial charge in [-0.15, -0.1) is 0 Å². The van der Waals surface area contributed by atoms with Crippen molar-refractivity contribution in [3.8, 4) is 0 Å². The second-order valence-corrected chi connectivity index (χ2v) is 3.48. The molecule has 19 heavy (non-hydrogen) atoms. The lowest BCUT2D eigenvalue weighted by atomic mass is 9.84. The average molecular weight is 312 g/mol. The first-order valence-electron chi connectivity index (χ1n) is 4.28. The van der Waals surface area contributed by atoms with Crippen LogP contribution in [0, 0.1) is 0 Å². The summed E-state index contributed by atoms with van der Waals surface area (Å²) in [6.45, 7) is -1.95. The summed E-state index contributed by atoms with van der Waals surface area (Å²) >= 11 is 0. The van der Waals surface area contributed by atoms with E-state index in [0.29, 0.717) is 0 Å². The van der Waals surface area contributed by atoms with Gasteiger partial charge < -0.3 is 10.2 Å². The summed E-state index contributed by atoms with van der Waals surface area (Å²) in [4.78, 5) is 0. The maximum atomic E-state index is 12.7. The van der Waals surface area contributed by atoms with Gasteiger partial charge in [0.05, 0.1) is 0 Å². The Kier molecular flexibility index (Phi) is 4.46. The highest BCUT2D eigenvalue weighted by atomic mass is 19.4. The Morgan fingerprint density at radius 2 is 0.895 bits per heavy atom. The Morgan fingerprint density at radius 1 is 0.632 bits per heavy atom. The highest BCUT2D eigenvalue weighted by Crippen LogP contribution is 2.55. The van der Waals surface area contributed by atoms with Crippen molar-refractivity contribution in [2.24, 2.45) is 0 Å². The second kappa shape index (κ2) is 4.65. The standard InChI is InChI=1S/C7H6F10O2/c8-4(9,6(12,13)14)3(19,1-2-18)5(10,11)7(15,16)17/h18-19H,1-2H2. The van der Waals surface area contributed by atoms with Crippen LogP contribution in [-0.2, 0) is 0 Å². The summed E-state index contributed by atoms with van der Waals surface area (Å²) in [6.07, 6.45) is -16.3. The molecule has 0 bridgehead atoms. The van der Waals surface area contributed by atoms with E-state index in [9.17, 15) is 43.9 Å². The van der Waals surface area contributed by atoms with Gasteiger partial charge in [0.1, 0.15) is 0 Å². The van der Waals surface area contributed by atoms with Crippen LogP contribution in [0.4, 0.5) is 43.9 Å². The third kappa shape index (κ3) is 2.59. The summed E-state index contributed by atoms with van der Waals surface area (Å²) in [5.74, 6) is -13.6. The molecule has 0 aliphatic rings. The molecular weight excluding hydrogens is 306 g/mol. The number of hydrogen-bond acceptors (Lipinski definition) is 2. The molecule has 116 valence electrons. The quantitative estimate of drug-likeness (QED) is 0.783. The number of hydrogen-bond donors (Lipinski definition) is 2. The van der Waals surface area contributed by atoms with Crippen molar-refractivity contribution in [3.05, 3.63) is 0 Å². The van der Waals surface area contributed by atoms with Gasteiger partial charge in [0, 0.05) is 13.0 Å². The molecule has 2 N–H and O–H groups in total. The van der Waals surface area contributed by atoms with Gasteiger partial charge in [-0.05, 0) is 0 Å². The molecular formula is C7H6F10O2. The van der Waals surface area contributed by atoms with Crippen LogP contribution in [0.1, 0.15) is 6.42 Å². The predicted molar refractivity (Wildman–Crippen MR) is 38.7 cm³/mol. The van der Waals surface area contributed by atoms with Crippen LogP contribution in [0.2, 0.25) is 0 Å². The third-order valence-electron chi connectivity index (χ3n) is 2.22. The zero-order chi connectivity index (χ0) is 15.9. The first-order valence-corrected chi connectivity index (χ1v) is 4.28. The molecule has 0 unspecified atom stereocenters. The zero-order valence-corrected chi connectivity index (χ0v) is 8.59. The van der Waals surface area contributed by atoms with Crippen LogP contribution >= 0.6 is 0 Å². The fourth-order valence-corrected chi connectivity index (χ4v) is 1.14. The SMILES string of the molecule is OCCC(O)(C(F)(F)C(F)(F)F)C(F)(F)C(F)(F)F. The molecule has 0 aromatic rings. The van der Waals surface area contributed by atoms with Crippen LogP contribution in [0.25, 0.3) is 0 Å². The molecule has 0 amide bonds. The van der Waals surface area contributed by atoms with Crippen molar-refractivity contribution in [2.45, 2.75) is 36.2 Å².